The van der Waals surface area contributed by atoms with E-state index in [-0.39, 0.29) is 5.92 Å². The van der Waals surface area contributed by atoms with Crippen LogP contribution < -0.4 is 4.90 Å². The number of hydrogen-bond acceptors (Lipinski definition) is 2. The Labute approximate surface area is 91.2 Å². The highest BCUT2D eigenvalue weighted by molar-refractivity contribution is 5.74. The van der Waals surface area contributed by atoms with Gasteiger partial charge in [0.15, 0.2) is 0 Å². The van der Waals surface area contributed by atoms with Crippen molar-refractivity contribution >= 4 is 12.0 Å². The molecule has 1 atom stereocenters. The highest BCUT2D eigenvalue weighted by Crippen LogP contribution is 2.23. The third kappa shape index (κ3) is 2.69. The van der Waals surface area contributed by atoms with E-state index in [9.17, 15) is 4.79 Å². The van der Waals surface area contributed by atoms with Gasteiger partial charge in [0.1, 0.15) is 6.29 Å². The van der Waals surface area contributed by atoms with Crippen molar-refractivity contribution in [1.29, 1.82) is 0 Å². The monoisotopic (exact) mass is 203 g/mol. The maximum Gasteiger partial charge on any atom is 0.146 e. The van der Waals surface area contributed by atoms with Crippen LogP contribution in [0.3, 0.4) is 0 Å². The van der Waals surface area contributed by atoms with Gasteiger partial charge < -0.3 is 4.90 Å². The maximum absolute atomic E-state index is 10.6. The molecule has 0 aliphatic heterocycles. The molecule has 0 aliphatic carbocycles. The van der Waals surface area contributed by atoms with Gasteiger partial charge in [0, 0.05) is 25.7 Å². The molecule has 0 bridgehead atoms. The Morgan fingerprint density at radius 3 is 2.27 bits per heavy atom. The number of hydrogen-bond donors (Lipinski definition) is 0. The van der Waals surface area contributed by atoms with Crippen molar-refractivity contribution < 1.29 is 4.79 Å². The Morgan fingerprint density at radius 1 is 1.33 bits per heavy atom. The van der Waals surface area contributed by atoms with Crippen molar-refractivity contribution in [1.82, 2.24) is 0 Å². The molecular formula is C13H17NO. The predicted molar refractivity (Wildman–Crippen MR) is 64.4 cm³/mol. The highest BCUT2D eigenvalue weighted by atomic mass is 16.1. The van der Waals surface area contributed by atoms with E-state index in [0.29, 0.717) is 5.57 Å². The van der Waals surface area contributed by atoms with Gasteiger partial charge in [0.25, 0.3) is 0 Å². The number of aldehydes is 1. The zero-order valence-electron chi connectivity index (χ0n) is 9.53. The average Bonchev–Trinajstić information content (AvgIpc) is 2.27. The molecule has 0 unspecified atom stereocenters. The van der Waals surface area contributed by atoms with E-state index in [4.69, 9.17) is 0 Å². The lowest BCUT2D eigenvalue weighted by atomic mass is 9.95. The van der Waals surface area contributed by atoms with Gasteiger partial charge in [-0.05, 0) is 23.3 Å². The van der Waals surface area contributed by atoms with E-state index in [2.05, 4.69) is 6.58 Å². The zero-order valence-corrected chi connectivity index (χ0v) is 9.53. The summed E-state index contributed by atoms with van der Waals surface area (Å²) in [6.07, 6.45) is 0.824. The Hall–Kier alpha value is -1.57. The summed E-state index contributed by atoms with van der Waals surface area (Å²) >= 11 is 0. The lowest BCUT2D eigenvalue weighted by Gasteiger charge is -2.15. The fourth-order valence-corrected chi connectivity index (χ4v) is 1.38. The standard InChI is InChI=1S/C13H17NO/c1-10(9-15)11(2)12-5-7-13(8-6-12)14(3)4/h5-9,11H,1H2,2-4H3/t11-/m0/s1. The quantitative estimate of drug-likeness (QED) is 0.554. The van der Waals surface area contributed by atoms with Crippen LogP contribution in [0, 0.1) is 0 Å². The molecule has 0 amide bonds. The molecule has 0 saturated heterocycles. The second-order valence-corrected chi connectivity index (χ2v) is 3.90. The molecule has 0 radical (unpaired) electrons. The molecule has 0 aromatic heterocycles. The molecule has 0 aliphatic rings. The number of carbonyl (C=O) groups excluding carboxylic acids is 1. The molecule has 80 valence electrons. The van der Waals surface area contributed by atoms with Crippen molar-refractivity contribution in [2.24, 2.45) is 0 Å². The van der Waals surface area contributed by atoms with Crippen LogP contribution in [-0.4, -0.2) is 20.4 Å². The number of anilines is 1. The average molecular weight is 203 g/mol. The zero-order chi connectivity index (χ0) is 11.4. The van der Waals surface area contributed by atoms with Gasteiger partial charge in [-0.25, -0.2) is 0 Å². The predicted octanol–water partition coefficient (Wildman–Crippen LogP) is 2.61. The van der Waals surface area contributed by atoms with E-state index < -0.39 is 0 Å². The third-order valence-corrected chi connectivity index (χ3v) is 2.62. The van der Waals surface area contributed by atoms with Gasteiger partial charge in [-0.3, -0.25) is 4.79 Å². The Balaban J connectivity index is 2.88. The SMILES string of the molecule is C=C(C=O)[C@H](C)c1ccc(N(C)C)cc1. The molecule has 0 heterocycles. The first kappa shape index (κ1) is 11.5. The van der Waals surface area contributed by atoms with Gasteiger partial charge in [0.2, 0.25) is 0 Å². The number of nitrogens with zero attached hydrogens (tertiary/aromatic N) is 1. The summed E-state index contributed by atoms with van der Waals surface area (Å²) in [6.45, 7) is 5.72. The number of carbonyl (C=O) groups is 1. The largest absolute Gasteiger partial charge is 0.378 e. The van der Waals surface area contributed by atoms with E-state index in [1.54, 1.807) is 0 Å². The van der Waals surface area contributed by atoms with E-state index in [1.807, 2.05) is 50.2 Å². The van der Waals surface area contributed by atoms with Gasteiger partial charge in [-0.2, -0.15) is 0 Å². The first-order valence-electron chi connectivity index (χ1n) is 4.97. The maximum atomic E-state index is 10.6. The first-order valence-corrected chi connectivity index (χ1v) is 4.97. The fraction of sp³-hybridized carbons (Fsp3) is 0.308. The van der Waals surface area contributed by atoms with Crippen LogP contribution in [0.15, 0.2) is 36.4 Å². The molecule has 0 spiro atoms. The minimum Gasteiger partial charge on any atom is -0.378 e. The summed E-state index contributed by atoms with van der Waals surface area (Å²) in [4.78, 5) is 12.6. The Bertz CT molecular complexity index is 351. The second kappa shape index (κ2) is 4.78. The smallest absolute Gasteiger partial charge is 0.146 e. The number of benzene rings is 1. The molecule has 1 aromatic carbocycles. The van der Waals surface area contributed by atoms with Crippen molar-refractivity contribution in [2.45, 2.75) is 12.8 Å². The van der Waals surface area contributed by atoms with Crippen molar-refractivity contribution in [3.8, 4) is 0 Å². The minimum atomic E-state index is 0.0960. The van der Waals surface area contributed by atoms with Crippen LogP contribution in [0.25, 0.3) is 0 Å². The molecule has 0 saturated carbocycles. The van der Waals surface area contributed by atoms with Crippen molar-refractivity contribution in [3.05, 3.63) is 42.0 Å². The molecular weight excluding hydrogens is 186 g/mol. The summed E-state index contributed by atoms with van der Waals surface area (Å²) in [5.41, 5.74) is 2.90. The van der Waals surface area contributed by atoms with Crippen LogP contribution >= 0.6 is 0 Å². The summed E-state index contributed by atoms with van der Waals surface area (Å²) < 4.78 is 0. The van der Waals surface area contributed by atoms with Crippen LogP contribution in [0.4, 0.5) is 5.69 Å². The van der Waals surface area contributed by atoms with Crippen LogP contribution in [-0.2, 0) is 4.79 Å². The molecule has 1 rings (SSSR count). The Morgan fingerprint density at radius 2 is 1.87 bits per heavy atom. The normalized spacial score (nSPS) is 11.9. The number of rotatable bonds is 4. The fourth-order valence-electron chi connectivity index (χ4n) is 1.38. The molecule has 0 fully saturated rings. The van der Waals surface area contributed by atoms with Crippen LogP contribution in [0.1, 0.15) is 18.4 Å². The second-order valence-electron chi connectivity index (χ2n) is 3.90. The highest BCUT2D eigenvalue weighted by Gasteiger charge is 2.08. The number of allylic oxidation sites excluding steroid dienone is 1. The summed E-state index contributed by atoms with van der Waals surface area (Å²) in [6, 6.07) is 8.16. The summed E-state index contributed by atoms with van der Waals surface area (Å²) in [7, 11) is 4.01. The van der Waals surface area contributed by atoms with Gasteiger partial charge in [-0.15, -0.1) is 0 Å². The molecule has 15 heavy (non-hydrogen) atoms. The first-order chi connectivity index (χ1) is 7.06. The van der Waals surface area contributed by atoms with E-state index in [1.165, 1.54) is 0 Å². The molecule has 0 N–H and O–H groups in total. The van der Waals surface area contributed by atoms with Gasteiger partial charge in [0.05, 0.1) is 0 Å². The third-order valence-electron chi connectivity index (χ3n) is 2.62. The van der Waals surface area contributed by atoms with Gasteiger partial charge in [-0.1, -0.05) is 25.6 Å². The lowest BCUT2D eigenvalue weighted by molar-refractivity contribution is -0.105. The van der Waals surface area contributed by atoms with Crippen molar-refractivity contribution in [3.63, 3.8) is 0 Å². The topological polar surface area (TPSA) is 20.3 Å². The summed E-state index contributed by atoms with van der Waals surface area (Å²) in [5, 5.41) is 0. The summed E-state index contributed by atoms with van der Waals surface area (Å²) in [5.74, 6) is 0.0960. The minimum absolute atomic E-state index is 0.0960. The van der Waals surface area contributed by atoms with Crippen molar-refractivity contribution in [2.75, 3.05) is 19.0 Å². The molecule has 2 heteroatoms. The Kier molecular flexibility index (Phi) is 3.67. The molecule has 2 nitrogen and oxygen atoms in total. The molecule has 1 aromatic rings. The van der Waals surface area contributed by atoms with E-state index >= 15 is 0 Å². The lowest BCUT2D eigenvalue weighted by Crippen LogP contribution is -2.08. The van der Waals surface area contributed by atoms with E-state index in [0.717, 1.165) is 17.5 Å². The van der Waals surface area contributed by atoms with Crippen LogP contribution in [0.5, 0.6) is 0 Å². The van der Waals surface area contributed by atoms with Crippen LogP contribution in [0.2, 0.25) is 0 Å². The van der Waals surface area contributed by atoms with Gasteiger partial charge >= 0.3 is 0 Å².